The summed E-state index contributed by atoms with van der Waals surface area (Å²) >= 11 is 6.11. The molecule has 0 saturated heterocycles. The Morgan fingerprint density at radius 3 is 2.36 bits per heavy atom. The van der Waals surface area contributed by atoms with E-state index in [1.807, 2.05) is 19.0 Å². The van der Waals surface area contributed by atoms with Crippen molar-refractivity contribution in [3.8, 4) is 23.1 Å². The Balaban J connectivity index is 2.47. The summed E-state index contributed by atoms with van der Waals surface area (Å²) < 4.78 is 74.6. The summed E-state index contributed by atoms with van der Waals surface area (Å²) in [5.74, 6) is -3.00. The van der Waals surface area contributed by atoms with E-state index in [4.69, 9.17) is 21.6 Å². The van der Waals surface area contributed by atoms with Crippen LogP contribution in [0.15, 0.2) is 12.1 Å². The Morgan fingerprint density at radius 2 is 1.82 bits per heavy atom. The van der Waals surface area contributed by atoms with E-state index >= 15 is 0 Å². The van der Waals surface area contributed by atoms with Gasteiger partial charge in [0.1, 0.15) is 34.4 Å². The van der Waals surface area contributed by atoms with Crippen molar-refractivity contribution in [1.29, 1.82) is 5.26 Å². The lowest BCUT2D eigenvalue weighted by molar-refractivity contribution is -0.138. The van der Waals surface area contributed by atoms with Crippen LogP contribution in [0.25, 0.3) is 11.1 Å². The fraction of sp³-hybridized carbons (Fsp3) is 0.450. The number of nitrogens with one attached hydrogen (secondary N) is 2. The van der Waals surface area contributed by atoms with Gasteiger partial charge in [-0.15, -0.1) is 0 Å². The molecule has 2 aromatic rings. The number of benzene rings is 1. The van der Waals surface area contributed by atoms with Gasteiger partial charge in [-0.25, -0.2) is 18.7 Å². The van der Waals surface area contributed by atoms with Crippen LogP contribution >= 0.6 is 11.6 Å². The molecule has 13 heteroatoms. The Kier molecular flexibility index (Phi) is 9.01. The highest BCUT2D eigenvalue weighted by molar-refractivity contribution is 6.32. The van der Waals surface area contributed by atoms with Crippen LogP contribution in [0, 0.1) is 23.1 Å². The van der Waals surface area contributed by atoms with Gasteiger partial charge in [0.15, 0.2) is 12.0 Å². The first-order valence-electron chi connectivity index (χ1n) is 9.72. The molecule has 2 N–H and O–H groups in total. The first-order chi connectivity index (χ1) is 15.4. The topological polar surface area (TPSA) is 86.1 Å². The molecule has 1 aromatic carbocycles. The molecule has 1 atom stereocenters. The molecule has 0 aliphatic heterocycles. The monoisotopic (exact) mass is 492 g/mol. The van der Waals surface area contributed by atoms with Gasteiger partial charge >= 0.3 is 6.18 Å². The molecule has 33 heavy (non-hydrogen) atoms. The summed E-state index contributed by atoms with van der Waals surface area (Å²) in [6.45, 7) is 1.47. The van der Waals surface area contributed by atoms with E-state index in [0.717, 1.165) is 19.1 Å². The Labute approximate surface area is 192 Å². The second-order valence-corrected chi connectivity index (χ2v) is 7.65. The minimum Gasteiger partial charge on any atom is -0.493 e. The van der Waals surface area contributed by atoms with Crippen LogP contribution in [0.4, 0.5) is 27.8 Å². The van der Waals surface area contributed by atoms with Gasteiger partial charge in [0.2, 0.25) is 0 Å². The normalized spacial score (nSPS) is 12.4. The number of nitriles is 1. The maximum absolute atomic E-state index is 14.9. The molecule has 0 amide bonds. The van der Waals surface area contributed by atoms with Crippen molar-refractivity contribution in [2.75, 3.05) is 32.6 Å². The number of halogens is 6. The smallest absolute Gasteiger partial charge is 0.408 e. The summed E-state index contributed by atoms with van der Waals surface area (Å²) in [5.41, 5.74) is -1.19. The third-order valence-electron chi connectivity index (χ3n) is 4.36. The van der Waals surface area contributed by atoms with Gasteiger partial charge in [0.25, 0.3) is 0 Å². The number of ether oxygens (including phenoxy) is 1. The molecule has 0 radical (unpaired) electrons. The molecule has 0 aliphatic carbocycles. The number of anilines is 1. The molecule has 180 valence electrons. The fourth-order valence-corrected chi connectivity index (χ4v) is 3.01. The highest BCUT2D eigenvalue weighted by Gasteiger charge is 2.37. The van der Waals surface area contributed by atoms with Gasteiger partial charge in [-0.1, -0.05) is 11.6 Å². The molecule has 0 fully saturated rings. The Hall–Kier alpha value is -2.91. The molecular weight excluding hydrogens is 471 g/mol. The van der Waals surface area contributed by atoms with Crippen LogP contribution in [-0.2, 0) is 6.54 Å². The highest BCUT2D eigenvalue weighted by atomic mass is 35.5. The van der Waals surface area contributed by atoms with E-state index in [0.29, 0.717) is 13.0 Å². The SMILES string of the molecule is C[C@@H](Nc1nc(CNC#N)nc(Cl)c1-c1c(F)cc(OCCCN(C)C)cc1F)C(F)(F)F. The average Bonchev–Trinajstić information content (AvgIpc) is 2.70. The summed E-state index contributed by atoms with van der Waals surface area (Å²) in [4.78, 5) is 9.66. The molecule has 0 saturated carbocycles. The molecule has 0 spiro atoms. The standard InChI is InChI=1S/C20H22ClF5N6O/c1-11(20(24,25)26)29-19-17(18(21)30-15(31-19)9-28-10-27)16-13(22)7-12(8-14(16)23)33-6-4-5-32(2)3/h7-8,11,28H,4-6,9H2,1-3H3,(H,29,30,31)/t11-/m1/s1. The number of hydrogen-bond acceptors (Lipinski definition) is 7. The summed E-state index contributed by atoms with van der Waals surface area (Å²) in [6.07, 6.45) is -2.46. The van der Waals surface area contributed by atoms with Crippen molar-refractivity contribution in [1.82, 2.24) is 20.2 Å². The molecule has 1 aromatic heterocycles. The summed E-state index contributed by atoms with van der Waals surface area (Å²) in [6, 6.07) is -0.302. The van der Waals surface area contributed by atoms with E-state index < -0.39 is 46.0 Å². The number of alkyl halides is 3. The Bertz CT molecular complexity index is 989. The van der Waals surface area contributed by atoms with Gasteiger partial charge in [0.05, 0.1) is 24.3 Å². The lowest BCUT2D eigenvalue weighted by atomic mass is 10.1. The first kappa shape index (κ1) is 26.3. The van der Waals surface area contributed by atoms with Crippen LogP contribution in [0.3, 0.4) is 0 Å². The summed E-state index contributed by atoms with van der Waals surface area (Å²) in [5, 5.41) is 12.5. The molecule has 0 bridgehead atoms. The molecule has 0 aliphatic rings. The van der Waals surface area contributed by atoms with Crippen molar-refractivity contribution >= 4 is 17.4 Å². The zero-order chi connectivity index (χ0) is 24.8. The predicted molar refractivity (Wildman–Crippen MR) is 113 cm³/mol. The van der Waals surface area contributed by atoms with Crippen molar-refractivity contribution in [3.63, 3.8) is 0 Å². The maximum Gasteiger partial charge on any atom is 0.408 e. The van der Waals surface area contributed by atoms with Crippen molar-refractivity contribution in [2.24, 2.45) is 0 Å². The lowest BCUT2D eigenvalue weighted by Gasteiger charge is -2.21. The Morgan fingerprint density at radius 1 is 1.18 bits per heavy atom. The molecule has 2 rings (SSSR count). The number of nitrogens with zero attached hydrogens (tertiary/aromatic N) is 4. The summed E-state index contributed by atoms with van der Waals surface area (Å²) in [7, 11) is 3.74. The predicted octanol–water partition coefficient (Wildman–Crippen LogP) is 4.34. The zero-order valence-electron chi connectivity index (χ0n) is 18.0. The zero-order valence-corrected chi connectivity index (χ0v) is 18.8. The van der Waals surface area contributed by atoms with E-state index in [-0.39, 0.29) is 24.7 Å². The largest absolute Gasteiger partial charge is 0.493 e. The van der Waals surface area contributed by atoms with E-state index in [1.54, 1.807) is 6.19 Å². The van der Waals surface area contributed by atoms with Crippen LogP contribution in [0.2, 0.25) is 5.15 Å². The maximum atomic E-state index is 14.9. The average molecular weight is 493 g/mol. The van der Waals surface area contributed by atoms with Crippen LogP contribution < -0.4 is 15.4 Å². The van der Waals surface area contributed by atoms with Gasteiger partial charge in [-0.05, 0) is 27.4 Å². The van der Waals surface area contributed by atoms with Gasteiger partial charge in [0, 0.05) is 18.7 Å². The van der Waals surface area contributed by atoms with Crippen molar-refractivity contribution < 1.29 is 26.7 Å². The van der Waals surface area contributed by atoms with Crippen molar-refractivity contribution in [3.05, 3.63) is 34.7 Å². The minimum absolute atomic E-state index is 0.0856. The number of aromatic nitrogens is 2. The van der Waals surface area contributed by atoms with Crippen molar-refractivity contribution in [2.45, 2.75) is 32.1 Å². The molecule has 1 heterocycles. The van der Waals surface area contributed by atoms with E-state index in [9.17, 15) is 22.0 Å². The quantitative estimate of drug-likeness (QED) is 0.168. The lowest BCUT2D eigenvalue weighted by Crippen LogP contribution is -2.34. The number of rotatable bonds is 10. The molecular formula is C20H22ClF5N6O. The minimum atomic E-state index is -4.68. The van der Waals surface area contributed by atoms with Crippen LogP contribution in [-0.4, -0.2) is 54.3 Å². The third kappa shape index (κ3) is 7.30. The second-order valence-electron chi connectivity index (χ2n) is 7.29. The fourth-order valence-electron chi connectivity index (χ4n) is 2.73. The van der Waals surface area contributed by atoms with Gasteiger partial charge in [-0.2, -0.15) is 18.4 Å². The molecule has 7 nitrogen and oxygen atoms in total. The van der Waals surface area contributed by atoms with Gasteiger partial charge in [-0.3, -0.25) is 0 Å². The third-order valence-corrected chi connectivity index (χ3v) is 4.64. The van der Waals surface area contributed by atoms with Crippen LogP contribution in [0.1, 0.15) is 19.2 Å². The molecule has 0 unspecified atom stereocenters. The highest BCUT2D eigenvalue weighted by Crippen LogP contribution is 2.39. The van der Waals surface area contributed by atoms with Crippen LogP contribution in [0.5, 0.6) is 5.75 Å². The number of hydrogen-bond donors (Lipinski definition) is 2. The van der Waals surface area contributed by atoms with Gasteiger partial charge < -0.3 is 20.3 Å². The van der Waals surface area contributed by atoms with E-state index in [2.05, 4.69) is 20.6 Å². The second kappa shape index (κ2) is 11.3. The first-order valence-corrected chi connectivity index (χ1v) is 10.1. The van der Waals surface area contributed by atoms with E-state index in [1.165, 1.54) is 0 Å².